The van der Waals surface area contributed by atoms with Crippen LogP contribution in [0.3, 0.4) is 0 Å². The number of carbonyl (C=O) groups is 2. The van der Waals surface area contributed by atoms with Crippen molar-refractivity contribution < 1.29 is 19.4 Å². The monoisotopic (exact) mass is 254 g/mol. The normalized spacial score (nSPS) is 11.9. The van der Waals surface area contributed by atoms with E-state index in [0.717, 1.165) is 23.1 Å². The number of methoxy groups -OCH3 is 1. The van der Waals surface area contributed by atoms with Crippen molar-refractivity contribution >= 4 is 22.8 Å². The average Bonchev–Trinajstić information content (AvgIpc) is 2.28. The van der Waals surface area contributed by atoms with Crippen molar-refractivity contribution in [3.8, 4) is 5.75 Å². The number of hydrogen-bond donors (Lipinski definition) is 1. The van der Waals surface area contributed by atoms with Crippen LogP contribution in [-0.4, -0.2) is 28.6 Å². The van der Waals surface area contributed by atoms with Gasteiger partial charge in [-0.05, 0) is 24.1 Å². The third-order valence-electron chi connectivity index (χ3n) is 2.16. The summed E-state index contributed by atoms with van der Waals surface area (Å²) in [6.45, 7) is 1.37. The molecule has 0 fully saturated rings. The summed E-state index contributed by atoms with van der Waals surface area (Å²) in [4.78, 5) is 21.9. The molecule has 1 rings (SSSR count). The van der Waals surface area contributed by atoms with Gasteiger partial charge in [0.2, 0.25) is 0 Å². The zero-order chi connectivity index (χ0) is 12.8. The van der Waals surface area contributed by atoms with Crippen LogP contribution in [-0.2, 0) is 16.0 Å². The Hall–Kier alpha value is -1.49. The molecule has 92 valence electrons. The van der Waals surface area contributed by atoms with Crippen LogP contribution in [0.25, 0.3) is 0 Å². The molecule has 0 amide bonds. The smallest absolute Gasteiger partial charge is 0.317 e. The fourth-order valence-corrected chi connectivity index (χ4v) is 2.13. The molecule has 0 bridgehead atoms. The molecule has 0 aliphatic carbocycles. The summed E-state index contributed by atoms with van der Waals surface area (Å²) in [5.74, 6) is -0.249. The molecule has 1 aromatic rings. The number of carboxylic acid groups (broad SMARTS) is 1. The van der Waals surface area contributed by atoms with Gasteiger partial charge < -0.3 is 9.84 Å². The maximum Gasteiger partial charge on any atom is 0.317 e. The average molecular weight is 254 g/mol. The standard InChI is InChI=1S/C12H14O4S/c1-8(13)17-11(12(14)15)7-9-3-5-10(16-2)6-4-9/h3-6,11H,7H2,1-2H3,(H,14,15). The molecule has 4 nitrogen and oxygen atoms in total. The molecule has 0 aliphatic rings. The molecular weight excluding hydrogens is 240 g/mol. The van der Waals surface area contributed by atoms with Gasteiger partial charge in [0.1, 0.15) is 11.0 Å². The highest BCUT2D eigenvalue weighted by Crippen LogP contribution is 2.19. The lowest BCUT2D eigenvalue weighted by atomic mass is 10.1. The van der Waals surface area contributed by atoms with Gasteiger partial charge in [0.15, 0.2) is 5.12 Å². The lowest BCUT2D eigenvalue weighted by Gasteiger charge is -2.10. The molecule has 1 unspecified atom stereocenters. The Balaban J connectivity index is 2.71. The minimum absolute atomic E-state index is 0.189. The van der Waals surface area contributed by atoms with Crippen LogP contribution in [0.5, 0.6) is 5.75 Å². The van der Waals surface area contributed by atoms with Crippen molar-refractivity contribution in [1.82, 2.24) is 0 Å². The molecule has 1 atom stereocenters. The van der Waals surface area contributed by atoms with Gasteiger partial charge in [-0.1, -0.05) is 23.9 Å². The Kier molecular flexibility index (Phi) is 5.03. The van der Waals surface area contributed by atoms with Crippen LogP contribution in [0, 0.1) is 0 Å². The van der Waals surface area contributed by atoms with Gasteiger partial charge in [0.25, 0.3) is 0 Å². The van der Waals surface area contributed by atoms with E-state index in [0.29, 0.717) is 6.42 Å². The van der Waals surface area contributed by atoms with E-state index in [1.54, 1.807) is 31.4 Å². The summed E-state index contributed by atoms with van der Waals surface area (Å²) in [5, 5.41) is 8.06. The summed E-state index contributed by atoms with van der Waals surface area (Å²) in [5.41, 5.74) is 0.868. The summed E-state index contributed by atoms with van der Waals surface area (Å²) in [6.07, 6.45) is 0.323. The van der Waals surface area contributed by atoms with Crippen molar-refractivity contribution in [2.24, 2.45) is 0 Å². The number of aliphatic carboxylic acids is 1. The molecular formula is C12H14O4S. The first-order valence-electron chi connectivity index (χ1n) is 5.06. The Bertz CT molecular complexity index is 399. The highest BCUT2D eigenvalue weighted by atomic mass is 32.2. The highest BCUT2D eigenvalue weighted by Gasteiger charge is 2.20. The topological polar surface area (TPSA) is 63.6 Å². The zero-order valence-corrected chi connectivity index (χ0v) is 10.5. The second-order valence-electron chi connectivity index (χ2n) is 3.49. The Morgan fingerprint density at radius 2 is 1.94 bits per heavy atom. The second kappa shape index (κ2) is 6.30. The van der Waals surface area contributed by atoms with E-state index in [2.05, 4.69) is 0 Å². The van der Waals surface area contributed by atoms with Crippen molar-refractivity contribution in [2.45, 2.75) is 18.6 Å². The minimum Gasteiger partial charge on any atom is -0.497 e. The van der Waals surface area contributed by atoms with Gasteiger partial charge in [0.05, 0.1) is 7.11 Å². The number of hydrogen-bond acceptors (Lipinski definition) is 4. The first kappa shape index (κ1) is 13.6. The van der Waals surface area contributed by atoms with Gasteiger partial charge >= 0.3 is 5.97 Å². The summed E-state index contributed by atoms with van der Waals surface area (Å²) in [6, 6.07) is 7.14. The Labute approximate surface area is 104 Å². The van der Waals surface area contributed by atoms with Crippen LogP contribution in [0.2, 0.25) is 0 Å². The first-order chi connectivity index (χ1) is 8.02. The third kappa shape index (κ3) is 4.48. The van der Waals surface area contributed by atoms with Gasteiger partial charge in [-0.15, -0.1) is 0 Å². The van der Waals surface area contributed by atoms with Crippen molar-refractivity contribution in [3.63, 3.8) is 0 Å². The summed E-state index contributed by atoms with van der Waals surface area (Å²) < 4.78 is 5.01. The van der Waals surface area contributed by atoms with Crippen molar-refractivity contribution in [1.29, 1.82) is 0 Å². The van der Waals surface area contributed by atoms with Crippen molar-refractivity contribution in [2.75, 3.05) is 7.11 Å². The molecule has 0 spiro atoms. The number of rotatable bonds is 5. The van der Waals surface area contributed by atoms with Crippen molar-refractivity contribution in [3.05, 3.63) is 29.8 Å². The molecule has 1 N–H and O–H groups in total. The molecule has 0 radical (unpaired) electrons. The van der Waals surface area contributed by atoms with Gasteiger partial charge in [-0.2, -0.15) is 0 Å². The lowest BCUT2D eigenvalue weighted by molar-refractivity contribution is -0.136. The van der Waals surface area contributed by atoms with Gasteiger partial charge in [-0.25, -0.2) is 0 Å². The van der Waals surface area contributed by atoms with E-state index in [4.69, 9.17) is 9.84 Å². The molecule has 0 saturated heterocycles. The number of thioether (sulfide) groups is 1. The molecule has 5 heteroatoms. The fraction of sp³-hybridized carbons (Fsp3) is 0.333. The third-order valence-corrected chi connectivity index (χ3v) is 3.15. The van der Waals surface area contributed by atoms with E-state index >= 15 is 0 Å². The first-order valence-corrected chi connectivity index (χ1v) is 5.94. The molecule has 0 saturated carbocycles. The predicted molar refractivity (Wildman–Crippen MR) is 66.4 cm³/mol. The molecule has 17 heavy (non-hydrogen) atoms. The quantitative estimate of drug-likeness (QED) is 0.870. The molecule has 0 aromatic heterocycles. The molecule has 0 heterocycles. The number of benzene rings is 1. The van der Waals surface area contributed by atoms with Gasteiger partial charge in [-0.3, -0.25) is 9.59 Å². The van der Waals surface area contributed by atoms with Crippen LogP contribution in [0.4, 0.5) is 0 Å². The molecule has 1 aromatic carbocycles. The summed E-state index contributed by atoms with van der Waals surface area (Å²) in [7, 11) is 1.57. The lowest BCUT2D eigenvalue weighted by Crippen LogP contribution is -2.20. The van der Waals surface area contributed by atoms with Crippen LogP contribution >= 0.6 is 11.8 Å². The van der Waals surface area contributed by atoms with Crippen LogP contribution in [0.1, 0.15) is 12.5 Å². The van der Waals surface area contributed by atoms with Gasteiger partial charge in [0, 0.05) is 6.92 Å². The Morgan fingerprint density at radius 1 is 1.35 bits per heavy atom. The maximum atomic E-state index is 11.0. The SMILES string of the molecule is COc1ccc(CC(SC(C)=O)C(=O)O)cc1. The largest absolute Gasteiger partial charge is 0.497 e. The fourth-order valence-electron chi connectivity index (χ4n) is 1.36. The number of carbonyl (C=O) groups excluding carboxylic acids is 1. The minimum atomic E-state index is -0.971. The predicted octanol–water partition coefficient (Wildman–Crippen LogP) is 1.97. The Morgan fingerprint density at radius 3 is 2.35 bits per heavy atom. The van der Waals surface area contributed by atoms with E-state index in [1.807, 2.05) is 0 Å². The number of ether oxygens (including phenoxy) is 1. The van der Waals surface area contributed by atoms with E-state index in [-0.39, 0.29) is 5.12 Å². The second-order valence-corrected chi connectivity index (χ2v) is 4.87. The van der Waals surface area contributed by atoms with E-state index < -0.39 is 11.2 Å². The molecule has 0 aliphatic heterocycles. The highest BCUT2D eigenvalue weighted by molar-refractivity contribution is 8.14. The zero-order valence-electron chi connectivity index (χ0n) is 9.67. The van der Waals surface area contributed by atoms with E-state index in [1.165, 1.54) is 6.92 Å². The van der Waals surface area contributed by atoms with Crippen LogP contribution in [0.15, 0.2) is 24.3 Å². The summed E-state index contributed by atoms with van der Waals surface area (Å²) >= 11 is 0.843. The number of carboxylic acids is 1. The van der Waals surface area contributed by atoms with Crippen LogP contribution < -0.4 is 4.74 Å². The van der Waals surface area contributed by atoms with E-state index in [9.17, 15) is 9.59 Å². The maximum absolute atomic E-state index is 11.0.